The third-order valence-electron chi connectivity index (χ3n) is 7.87. The zero-order valence-electron chi connectivity index (χ0n) is 21.8. The van der Waals surface area contributed by atoms with Crippen LogP contribution in [0.3, 0.4) is 0 Å². The maximum atomic E-state index is 14.9. The Hall–Kier alpha value is -4.93. The third-order valence-corrected chi connectivity index (χ3v) is 9.11. The van der Waals surface area contributed by atoms with Crippen molar-refractivity contribution >= 4 is 66.8 Å². The molecule has 0 saturated carbocycles. The number of hydrogen-bond acceptors (Lipinski definition) is 6. The summed E-state index contributed by atoms with van der Waals surface area (Å²) in [4.78, 5) is 50.9. The fraction of sp³-hybridized carbons (Fsp3) is 0.0625. The Kier molecular flexibility index (Phi) is 5.41. The highest BCUT2D eigenvalue weighted by atomic mass is 35.5. The summed E-state index contributed by atoms with van der Waals surface area (Å²) in [5.41, 5.74) is -0.957. The van der Waals surface area contributed by atoms with Crippen LogP contribution in [0.25, 0.3) is 21.2 Å². The van der Waals surface area contributed by atoms with Crippen LogP contribution in [-0.4, -0.2) is 16.8 Å². The van der Waals surface area contributed by atoms with E-state index in [1.807, 2.05) is 0 Å². The van der Waals surface area contributed by atoms with Gasteiger partial charge in [-0.1, -0.05) is 53.3 Å². The molecule has 0 bridgehead atoms. The van der Waals surface area contributed by atoms with Crippen molar-refractivity contribution in [3.63, 3.8) is 0 Å². The van der Waals surface area contributed by atoms with E-state index in [0.29, 0.717) is 32.1 Å². The number of anilines is 2. The first kappa shape index (κ1) is 25.8. The molecule has 2 aromatic heterocycles. The van der Waals surface area contributed by atoms with E-state index in [0.717, 1.165) is 23.5 Å². The van der Waals surface area contributed by atoms with E-state index < -0.39 is 34.4 Å². The van der Waals surface area contributed by atoms with Crippen LogP contribution in [0, 0.1) is 11.6 Å². The number of aromatic nitrogens is 1. The number of fused-ring (bicyclic) bond motifs is 6. The Labute approximate surface area is 250 Å². The van der Waals surface area contributed by atoms with Gasteiger partial charge < -0.3 is 9.32 Å². The number of nitrogens with zero attached hydrogens (tertiary/aromatic N) is 3. The van der Waals surface area contributed by atoms with Gasteiger partial charge in [0.05, 0.1) is 33.4 Å². The van der Waals surface area contributed by atoms with Crippen LogP contribution in [-0.2, 0) is 16.9 Å². The molecule has 4 aromatic carbocycles. The van der Waals surface area contributed by atoms with E-state index in [4.69, 9.17) is 16.0 Å². The summed E-state index contributed by atoms with van der Waals surface area (Å²) in [5.74, 6) is -2.77. The molecule has 2 aliphatic heterocycles. The highest BCUT2D eigenvalue weighted by Gasteiger charge is 2.66. The van der Waals surface area contributed by atoms with Crippen LogP contribution < -0.4 is 15.2 Å². The summed E-state index contributed by atoms with van der Waals surface area (Å²) >= 11 is 7.36. The van der Waals surface area contributed by atoms with Crippen LogP contribution in [0.5, 0.6) is 0 Å². The summed E-state index contributed by atoms with van der Waals surface area (Å²) in [6.07, 6.45) is 0. The molecular weight excluding hydrogens is 596 g/mol. The summed E-state index contributed by atoms with van der Waals surface area (Å²) in [6, 6.07) is 21.0. The number of para-hydroxylation sites is 1. The Bertz CT molecular complexity index is 2250. The number of thiazole rings is 1. The zero-order chi connectivity index (χ0) is 29.6. The summed E-state index contributed by atoms with van der Waals surface area (Å²) < 4.78 is 34.7. The molecule has 2 aliphatic rings. The quantitative estimate of drug-likeness (QED) is 0.220. The number of amides is 2. The predicted molar refractivity (Wildman–Crippen MR) is 159 cm³/mol. The number of carbonyl (C=O) groups excluding carboxylic acids is 2. The van der Waals surface area contributed by atoms with E-state index in [1.54, 1.807) is 54.6 Å². The SMILES string of the molecule is O=C1c2oc3ccc(F)cc3c(=O)c2C2(C(=O)N(Cc3ccc(F)cc3)c3ccccc32)N1c1nc2ccc(Cl)cc2s1. The minimum Gasteiger partial charge on any atom is -0.450 e. The Balaban J connectivity index is 1.45. The molecule has 1 atom stereocenters. The van der Waals surface area contributed by atoms with Gasteiger partial charge in [-0.25, -0.2) is 13.8 Å². The molecule has 2 amide bonds. The van der Waals surface area contributed by atoms with Crippen LogP contribution in [0.1, 0.15) is 27.2 Å². The van der Waals surface area contributed by atoms with Crippen LogP contribution >= 0.6 is 22.9 Å². The smallest absolute Gasteiger partial charge is 0.297 e. The molecule has 0 fully saturated rings. The zero-order valence-corrected chi connectivity index (χ0v) is 23.4. The second-order valence-electron chi connectivity index (χ2n) is 10.3. The second kappa shape index (κ2) is 9.03. The fourth-order valence-electron chi connectivity index (χ4n) is 6.05. The molecule has 0 radical (unpaired) electrons. The number of hydrogen-bond donors (Lipinski definition) is 0. The topological polar surface area (TPSA) is 83.7 Å². The summed E-state index contributed by atoms with van der Waals surface area (Å²) in [5, 5.41) is 0.507. The van der Waals surface area contributed by atoms with Crippen molar-refractivity contribution in [1.82, 2.24) is 4.98 Å². The molecule has 7 nitrogen and oxygen atoms in total. The van der Waals surface area contributed by atoms with E-state index in [9.17, 15) is 23.2 Å². The highest BCUT2D eigenvalue weighted by molar-refractivity contribution is 7.22. The van der Waals surface area contributed by atoms with Crippen LogP contribution in [0.2, 0.25) is 5.02 Å². The van der Waals surface area contributed by atoms with Gasteiger partial charge in [0.25, 0.3) is 11.8 Å². The molecule has 6 aromatic rings. The van der Waals surface area contributed by atoms with Crippen molar-refractivity contribution < 1.29 is 22.8 Å². The minimum absolute atomic E-state index is 0.00785. The third kappa shape index (κ3) is 3.50. The average Bonchev–Trinajstić information content (AvgIpc) is 3.60. The second-order valence-corrected chi connectivity index (χ2v) is 11.7. The predicted octanol–water partition coefficient (Wildman–Crippen LogP) is 6.79. The molecule has 1 unspecified atom stereocenters. The molecule has 1 spiro atoms. The first-order valence-electron chi connectivity index (χ1n) is 13.1. The van der Waals surface area contributed by atoms with Crippen molar-refractivity contribution in [2.24, 2.45) is 0 Å². The molecule has 0 saturated heterocycles. The van der Waals surface area contributed by atoms with Gasteiger partial charge in [-0.05, 0) is 60.2 Å². The number of rotatable bonds is 3. The van der Waals surface area contributed by atoms with E-state index in [-0.39, 0.29) is 34.0 Å². The van der Waals surface area contributed by atoms with Gasteiger partial charge in [0.2, 0.25) is 5.76 Å². The largest absolute Gasteiger partial charge is 0.450 e. The Morgan fingerprint density at radius 3 is 2.49 bits per heavy atom. The number of benzene rings is 4. The lowest BCUT2D eigenvalue weighted by molar-refractivity contribution is -0.121. The standard InChI is InChI=1S/C32H16ClF2N3O4S/c33-17-7-11-22-25(13-17)43-31(36-22)38-29(40)28-26(27(39)20-14-19(35)10-12-24(20)42-28)32(38)21-3-1-2-4-23(21)37(30(32)41)15-16-5-8-18(34)9-6-16/h1-14H,15H2. The van der Waals surface area contributed by atoms with Crippen LogP contribution in [0.15, 0.2) is 94.1 Å². The summed E-state index contributed by atoms with van der Waals surface area (Å²) in [6.45, 7) is 0.0260. The fourth-order valence-corrected chi connectivity index (χ4v) is 7.34. The van der Waals surface area contributed by atoms with Gasteiger partial charge in [0.15, 0.2) is 16.1 Å². The van der Waals surface area contributed by atoms with Gasteiger partial charge in [-0.15, -0.1) is 0 Å². The van der Waals surface area contributed by atoms with Gasteiger partial charge in [-0.2, -0.15) is 0 Å². The van der Waals surface area contributed by atoms with Crippen molar-refractivity contribution in [1.29, 1.82) is 0 Å². The molecule has 43 heavy (non-hydrogen) atoms. The molecule has 4 heterocycles. The molecule has 8 rings (SSSR count). The lowest BCUT2D eigenvalue weighted by Crippen LogP contribution is -2.53. The first-order valence-corrected chi connectivity index (χ1v) is 14.3. The lowest BCUT2D eigenvalue weighted by Gasteiger charge is -2.32. The van der Waals surface area contributed by atoms with Crippen molar-refractivity contribution in [3.8, 4) is 0 Å². The first-order chi connectivity index (χ1) is 20.8. The minimum atomic E-state index is -2.01. The number of halogens is 3. The van der Waals surface area contributed by atoms with E-state index >= 15 is 0 Å². The molecular formula is C32H16ClF2N3O4S. The highest BCUT2D eigenvalue weighted by Crippen LogP contribution is 2.55. The lowest BCUT2D eigenvalue weighted by atomic mass is 9.84. The maximum absolute atomic E-state index is 14.9. The molecule has 11 heteroatoms. The number of carbonyl (C=O) groups is 2. The average molecular weight is 612 g/mol. The maximum Gasteiger partial charge on any atom is 0.297 e. The normalized spacial score (nSPS) is 17.5. The molecule has 210 valence electrons. The van der Waals surface area contributed by atoms with Gasteiger partial charge in [0.1, 0.15) is 17.2 Å². The monoisotopic (exact) mass is 611 g/mol. The Morgan fingerprint density at radius 1 is 0.907 bits per heavy atom. The molecule has 0 aliphatic carbocycles. The van der Waals surface area contributed by atoms with E-state index in [1.165, 1.54) is 28.0 Å². The van der Waals surface area contributed by atoms with Crippen molar-refractivity contribution in [2.45, 2.75) is 12.1 Å². The molecule has 0 N–H and O–H groups in total. The Morgan fingerprint density at radius 2 is 1.67 bits per heavy atom. The van der Waals surface area contributed by atoms with Crippen molar-refractivity contribution in [3.05, 3.63) is 134 Å². The summed E-state index contributed by atoms with van der Waals surface area (Å²) in [7, 11) is 0. The van der Waals surface area contributed by atoms with E-state index in [2.05, 4.69) is 4.98 Å². The van der Waals surface area contributed by atoms with Gasteiger partial charge >= 0.3 is 0 Å². The van der Waals surface area contributed by atoms with Crippen molar-refractivity contribution in [2.75, 3.05) is 9.80 Å². The van der Waals surface area contributed by atoms with Crippen LogP contribution in [0.4, 0.5) is 19.6 Å². The van der Waals surface area contributed by atoms with Gasteiger partial charge in [0, 0.05) is 10.6 Å². The van der Waals surface area contributed by atoms with Gasteiger partial charge in [-0.3, -0.25) is 19.3 Å².